The van der Waals surface area contributed by atoms with Gasteiger partial charge in [0, 0.05) is 13.2 Å². The summed E-state index contributed by atoms with van der Waals surface area (Å²) in [5.74, 6) is 0.911. The second-order valence-electron chi connectivity index (χ2n) is 5.72. The molecule has 0 spiro atoms. The van der Waals surface area contributed by atoms with E-state index in [1.165, 1.54) is 38.5 Å². The third-order valence-corrected chi connectivity index (χ3v) is 4.65. The number of hydrogen-bond donors (Lipinski definition) is 1. The Labute approximate surface area is 108 Å². The zero-order valence-corrected chi connectivity index (χ0v) is 12.2. The molecule has 2 heteroatoms. The molecule has 2 atom stereocenters. The topological polar surface area (TPSA) is 21.3 Å². The Kier molecular flexibility index (Phi) is 6.50. The molecule has 1 saturated carbocycles. The lowest BCUT2D eigenvalue weighted by atomic mass is 9.80. The Morgan fingerprint density at radius 1 is 1.24 bits per heavy atom. The molecular weight excluding hydrogens is 210 g/mol. The lowest BCUT2D eigenvalue weighted by Crippen LogP contribution is -2.50. The van der Waals surface area contributed by atoms with Crippen LogP contribution in [0.15, 0.2) is 0 Å². The average Bonchev–Trinajstić information content (AvgIpc) is 2.38. The quantitative estimate of drug-likeness (QED) is 0.733. The van der Waals surface area contributed by atoms with E-state index in [2.05, 4.69) is 26.1 Å². The van der Waals surface area contributed by atoms with Crippen LogP contribution in [0.3, 0.4) is 0 Å². The Morgan fingerprint density at radius 2 is 1.88 bits per heavy atom. The fourth-order valence-corrected chi connectivity index (χ4v) is 3.08. The Balaban J connectivity index is 2.57. The standard InChI is InChI=1S/C15H31NO/c1-5-15(3,17-4)14(16-6-2)12-13-10-8-7-9-11-13/h13-14,16H,5-12H2,1-4H3. The van der Waals surface area contributed by atoms with Gasteiger partial charge in [-0.2, -0.15) is 0 Å². The highest BCUT2D eigenvalue weighted by Gasteiger charge is 2.33. The zero-order chi connectivity index (χ0) is 12.7. The van der Waals surface area contributed by atoms with Crippen LogP contribution in [0.2, 0.25) is 0 Å². The highest BCUT2D eigenvalue weighted by atomic mass is 16.5. The van der Waals surface area contributed by atoms with Crippen molar-refractivity contribution in [1.29, 1.82) is 0 Å². The molecule has 1 aliphatic rings. The van der Waals surface area contributed by atoms with Crippen LogP contribution >= 0.6 is 0 Å². The number of rotatable bonds is 7. The van der Waals surface area contributed by atoms with Gasteiger partial charge in [0.25, 0.3) is 0 Å². The maximum atomic E-state index is 5.78. The van der Waals surface area contributed by atoms with Gasteiger partial charge in [-0.3, -0.25) is 0 Å². The monoisotopic (exact) mass is 241 g/mol. The summed E-state index contributed by atoms with van der Waals surface area (Å²) in [6.07, 6.45) is 9.51. The van der Waals surface area contributed by atoms with Gasteiger partial charge in [0.05, 0.1) is 5.60 Å². The number of ether oxygens (including phenoxy) is 1. The maximum absolute atomic E-state index is 5.78. The summed E-state index contributed by atoms with van der Waals surface area (Å²) in [4.78, 5) is 0. The van der Waals surface area contributed by atoms with Gasteiger partial charge in [0.2, 0.25) is 0 Å². The molecule has 0 bridgehead atoms. The molecule has 1 aliphatic carbocycles. The van der Waals surface area contributed by atoms with E-state index in [1.807, 2.05) is 7.11 Å². The van der Waals surface area contributed by atoms with Gasteiger partial charge in [-0.05, 0) is 32.2 Å². The van der Waals surface area contributed by atoms with E-state index in [0.29, 0.717) is 6.04 Å². The van der Waals surface area contributed by atoms with Crippen LogP contribution in [0.5, 0.6) is 0 Å². The van der Waals surface area contributed by atoms with E-state index < -0.39 is 0 Å². The van der Waals surface area contributed by atoms with Crippen molar-refractivity contribution in [2.45, 2.75) is 77.4 Å². The van der Waals surface area contributed by atoms with Crippen LogP contribution in [0.4, 0.5) is 0 Å². The summed E-state index contributed by atoms with van der Waals surface area (Å²) in [6.45, 7) is 7.72. The van der Waals surface area contributed by atoms with Crippen LogP contribution in [0, 0.1) is 5.92 Å². The Bertz CT molecular complexity index is 195. The molecule has 2 unspecified atom stereocenters. The van der Waals surface area contributed by atoms with Crippen molar-refractivity contribution in [3.63, 3.8) is 0 Å². The first-order valence-electron chi connectivity index (χ1n) is 7.44. The summed E-state index contributed by atoms with van der Waals surface area (Å²) >= 11 is 0. The highest BCUT2D eigenvalue weighted by molar-refractivity contribution is 4.90. The van der Waals surface area contributed by atoms with Crippen molar-refractivity contribution in [2.75, 3.05) is 13.7 Å². The summed E-state index contributed by atoms with van der Waals surface area (Å²) in [5.41, 5.74) is -0.00649. The van der Waals surface area contributed by atoms with Gasteiger partial charge in [-0.15, -0.1) is 0 Å². The minimum absolute atomic E-state index is 0.00649. The van der Waals surface area contributed by atoms with Crippen molar-refractivity contribution in [1.82, 2.24) is 5.32 Å². The van der Waals surface area contributed by atoms with Gasteiger partial charge in [-0.1, -0.05) is 46.0 Å². The predicted octanol–water partition coefficient (Wildman–Crippen LogP) is 3.75. The third kappa shape index (κ3) is 4.26. The highest BCUT2D eigenvalue weighted by Crippen LogP contribution is 2.31. The molecule has 2 nitrogen and oxygen atoms in total. The summed E-state index contributed by atoms with van der Waals surface area (Å²) < 4.78 is 5.78. The lowest BCUT2D eigenvalue weighted by Gasteiger charge is -2.39. The van der Waals surface area contributed by atoms with Gasteiger partial charge in [0.15, 0.2) is 0 Å². The van der Waals surface area contributed by atoms with Gasteiger partial charge in [0.1, 0.15) is 0 Å². The minimum Gasteiger partial charge on any atom is -0.377 e. The first kappa shape index (κ1) is 15.0. The zero-order valence-electron chi connectivity index (χ0n) is 12.2. The number of nitrogens with one attached hydrogen (secondary N) is 1. The lowest BCUT2D eigenvalue weighted by molar-refractivity contribution is -0.0359. The van der Waals surface area contributed by atoms with E-state index in [0.717, 1.165) is 18.9 Å². The normalized spacial score (nSPS) is 23.3. The van der Waals surface area contributed by atoms with Crippen molar-refractivity contribution in [3.8, 4) is 0 Å². The summed E-state index contributed by atoms with van der Waals surface area (Å²) in [5, 5.41) is 3.65. The molecule has 1 fully saturated rings. The van der Waals surface area contributed by atoms with Gasteiger partial charge >= 0.3 is 0 Å². The molecule has 17 heavy (non-hydrogen) atoms. The minimum atomic E-state index is -0.00649. The van der Waals surface area contributed by atoms with E-state index in [4.69, 9.17) is 4.74 Å². The molecule has 0 saturated heterocycles. The molecule has 0 aromatic rings. The fraction of sp³-hybridized carbons (Fsp3) is 1.00. The second kappa shape index (κ2) is 7.38. The van der Waals surface area contributed by atoms with Gasteiger partial charge < -0.3 is 10.1 Å². The van der Waals surface area contributed by atoms with Crippen LogP contribution in [-0.2, 0) is 4.74 Å². The Hall–Kier alpha value is -0.0800. The smallest absolute Gasteiger partial charge is 0.0800 e. The number of methoxy groups -OCH3 is 1. The third-order valence-electron chi connectivity index (χ3n) is 4.65. The first-order chi connectivity index (χ1) is 8.16. The molecule has 0 amide bonds. The second-order valence-corrected chi connectivity index (χ2v) is 5.72. The van der Waals surface area contributed by atoms with E-state index >= 15 is 0 Å². The molecule has 1 rings (SSSR count). The van der Waals surface area contributed by atoms with E-state index in [-0.39, 0.29) is 5.60 Å². The molecule has 0 heterocycles. The maximum Gasteiger partial charge on any atom is 0.0800 e. The summed E-state index contributed by atoms with van der Waals surface area (Å²) in [7, 11) is 1.86. The number of likely N-dealkylation sites (N-methyl/N-ethyl adjacent to an activating group) is 1. The molecule has 102 valence electrons. The van der Waals surface area contributed by atoms with E-state index in [1.54, 1.807) is 0 Å². The largest absolute Gasteiger partial charge is 0.377 e. The molecule has 0 aromatic carbocycles. The number of hydrogen-bond acceptors (Lipinski definition) is 2. The molecule has 1 N–H and O–H groups in total. The molecule has 0 radical (unpaired) electrons. The van der Waals surface area contributed by atoms with Crippen LogP contribution in [0.1, 0.15) is 65.7 Å². The van der Waals surface area contributed by atoms with Crippen LogP contribution < -0.4 is 5.32 Å². The molecule has 0 aromatic heterocycles. The average molecular weight is 241 g/mol. The fourth-order valence-electron chi connectivity index (χ4n) is 3.08. The van der Waals surface area contributed by atoms with Crippen LogP contribution in [0.25, 0.3) is 0 Å². The van der Waals surface area contributed by atoms with Crippen molar-refractivity contribution in [2.24, 2.45) is 5.92 Å². The van der Waals surface area contributed by atoms with Crippen molar-refractivity contribution < 1.29 is 4.74 Å². The Morgan fingerprint density at radius 3 is 2.35 bits per heavy atom. The van der Waals surface area contributed by atoms with Crippen molar-refractivity contribution >= 4 is 0 Å². The van der Waals surface area contributed by atoms with Crippen molar-refractivity contribution in [3.05, 3.63) is 0 Å². The van der Waals surface area contributed by atoms with Crippen LogP contribution in [-0.4, -0.2) is 25.3 Å². The SMILES string of the molecule is CCNC(CC1CCCCC1)C(C)(CC)OC. The van der Waals surface area contributed by atoms with E-state index in [9.17, 15) is 0 Å². The summed E-state index contributed by atoms with van der Waals surface area (Å²) in [6, 6.07) is 0.505. The first-order valence-corrected chi connectivity index (χ1v) is 7.44. The van der Waals surface area contributed by atoms with Gasteiger partial charge in [-0.25, -0.2) is 0 Å². The predicted molar refractivity (Wildman–Crippen MR) is 74.4 cm³/mol. The molecular formula is C15H31NO. The molecule has 0 aliphatic heterocycles.